The summed E-state index contributed by atoms with van der Waals surface area (Å²) >= 11 is 3.44. The van der Waals surface area contributed by atoms with E-state index >= 15 is 0 Å². The summed E-state index contributed by atoms with van der Waals surface area (Å²) in [5.74, 6) is 3.36. The quantitative estimate of drug-likeness (QED) is 0.277. The third-order valence-electron chi connectivity index (χ3n) is 6.27. The topological polar surface area (TPSA) is 62.7 Å². The van der Waals surface area contributed by atoms with E-state index in [1.807, 2.05) is 0 Å². The summed E-state index contributed by atoms with van der Waals surface area (Å²) in [5.41, 5.74) is 3.55. The van der Waals surface area contributed by atoms with E-state index in [1.54, 1.807) is 35.1 Å². The molecule has 1 aromatic carbocycles. The van der Waals surface area contributed by atoms with Gasteiger partial charge in [-0.25, -0.2) is 0 Å². The van der Waals surface area contributed by atoms with E-state index in [0.29, 0.717) is 26.4 Å². The van der Waals surface area contributed by atoms with Crippen molar-refractivity contribution in [3.05, 3.63) is 34.3 Å². The van der Waals surface area contributed by atoms with Crippen LogP contribution in [0.4, 0.5) is 0 Å². The normalized spacial score (nSPS) is 15.4. The number of hydrogen-bond donors (Lipinski definition) is 0. The van der Waals surface area contributed by atoms with Crippen LogP contribution in [0, 0.1) is 0 Å². The van der Waals surface area contributed by atoms with Crippen molar-refractivity contribution in [1.29, 1.82) is 0 Å². The summed E-state index contributed by atoms with van der Waals surface area (Å²) in [6.07, 6.45) is 3.50. The Hall–Kier alpha value is -2.84. The fourth-order valence-electron chi connectivity index (χ4n) is 4.67. The van der Waals surface area contributed by atoms with Gasteiger partial charge in [-0.1, -0.05) is 53.7 Å². The molecule has 0 saturated carbocycles. The molecule has 2 aliphatic rings. The molecular formula is C28H30N2O4S2. The number of aromatic nitrogens is 2. The zero-order chi connectivity index (χ0) is 25.2. The molecule has 2 aliphatic heterocycles. The van der Waals surface area contributed by atoms with Gasteiger partial charge in [0.2, 0.25) is 0 Å². The summed E-state index contributed by atoms with van der Waals surface area (Å²) in [7, 11) is 0. The molecule has 6 rings (SSSR count). The SMILES string of the molecule is CC(C)(C)c1sc(-c2ccc(-c3sc(C(C)(C)C)c4c3OCCO4)c3nccnc23)c2c1OCCO2. The third-order valence-corrected chi connectivity index (χ3v) is 9.50. The van der Waals surface area contributed by atoms with Gasteiger partial charge < -0.3 is 18.9 Å². The van der Waals surface area contributed by atoms with Gasteiger partial charge in [0.25, 0.3) is 0 Å². The van der Waals surface area contributed by atoms with Crippen LogP contribution in [0.5, 0.6) is 23.0 Å². The molecular weight excluding hydrogens is 492 g/mol. The summed E-state index contributed by atoms with van der Waals surface area (Å²) in [6.45, 7) is 15.4. The third kappa shape index (κ3) is 3.73. The number of benzene rings is 1. The van der Waals surface area contributed by atoms with Gasteiger partial charge >= 0.3 is 0 Å². The molecule has 0 bridgehead atoms. The molecule has 0 spiro atoms. The minimum atomic E-state index is -0.0636. The lowest BCUT2D eigenvalue weighted by Crippen LogP contribution is -2.18. The van der Waals surface area contributed by atoms with Crippen LogP contribution in [0.2, 0.25) is 0 Å². The van der Waals surface area contributed by atoms with Crippen molar-refractivity contribution in [3.8, 4) is 43.9 Å². The second kappa shape index (κ2) is 8.35. The summed E-state index contributed by atoms with van der Waals surface area (Å²) in [6, 6.07) is 4.27. The number of rotatable bonds is 2. The molecule has 188 valence electrons. The maximum atomic E-state index is 6.17. The van der Waals surface area contributed by atoms with Gasteiger partial charge in [0.05, 0.1) is 30.5 Å². The van der Waals surface area contributed by atoms with Crippen LogP contribution in [0.3, 0.4) is 0 Å². The van der Waals surface area contributed by atoms with Gasteiger partial charge in [0.1, 0.15) is 26.4 Å². The van der Waals surface area contributed by atoms with E-state index in [2.05, 4.69) is 53.7 Å². The van der Waals surface area contributed by atoms with Crippen LogP contribution in [-0.2, 0) is 10.8 Å². The molecule has 6 nitrogen and oxygen atoms in total. The van der Waals surface area contributed by atoms with Crippen molar-refractivity contribution in [2.75, 3.05) is 26.4 Å². The average Bonchev–Trinajstić information content (AvgIpc) is 3.43. The van der Waals surface area contributed by atoms with Crippen molar-refractivity contribution in [1.82, 2.24) is 9.97 Å². The molecule has 0 unspecified atom stereocenters. The van der Waals surface area contributed by atoms with Crippen LogP contribution in [0.1, 0.15) is 51.3 Å². The lowest BCUT2D eigenvalue weighted by molar-refractivity contribution is 0.171. The Kier molecular flexibility index (Phi) is 5.46. The highest BCUT2D eigenvalue weighted by Crippen LogP contribution is 2.56. The molecule has 3 aromatic heterocycles. The van der Waals surface area contributed by atoms with E-state index in [1.165, 1.54) is 9.75 Å². The predicted molar refractivity (Wildman–Crippen MR) is 146 cm³/mol. The van der Waals surface area contributed by atoms with Crippen LogP contribution in [0.25, 0.3) is 31.9 Å². The first kappa shape index (κ1) is 23.6. The molecule has 5 heterocycles. The molecule has 0 amide bonds. The van der Waals surface area contributed by atoms with Gasteiger partial charge in [-0.3, -0.25) is 9.97 Å². The Balaban J connectivity index is 1.58. The van der Waals surface area contributed by atoms with Gasteiger partial charge in [0, 0.05) is 34.4 Å². The first-order chi connectivity index (χ1) is 17.1. The minimum absolute atomic E-state index is 0.0636. The molecule has 0 fully saturated rings. The van der Waals surface area contributed by atoms with Crippen molar-refractivity contribution in [2.24, 2.45) is 0 Å². The Bertz CT molecular complexity index is 1360. The van der Waals surface area contributed by atoms with Crippen LogP contribution >= 0.6 is 22.7 Å². The highest BCUT2D eigenvalue weighted by atomic mass is 32.1. The largest absolute Gasteiger partial charge is 0.485 e. The molecule has 4 aromatic rings. The molecule has 0 atom stereocenters. The molecule has 0 radical (unpaired) electrons. The molecule has 36 heavy (non-hydrogen) atoms. The zero-order valence-corrected chi connectivity index (χ0v) is 23.1. The van der Waals surface area contributed by atoms with Gasteiger partial charge in [0.15, 0.2) is 23.0 Å². The van der Waals surface area contributed by atoms with Crippen LogP contribution in [0.15, 0.2) is 24.5 Å². The van der Waals surface area contributed by atoms with Crippen LogP contribution < -0.4 is 18.9 Å². The second-order valence-electron chi connectivity index (χ2n) is 11.1. The average molecular weight is 523 g/mol. The molecule has 0 aliphatic carbocycles. The highest BCUT2D eigenvalue weighted by molar-refractivity contribution is 7.17. The Morgan fingerprint density at radius 2 is 0.944 bits per heavy atom. The first-order valence-electron chi connectivity index (χ1n) is 12.2. The van der Waals surface area contributed by atoms with E-state index in [0.717, 1.165) is 54.9 Å². The van der Waals surface area contributed by atoms with Gasteiger partial charge in [-0.15, -0.1) is 22.7 Å². The summed E-state index contributed by atoms with van der Waals surface area (Å²) in [4.78, 5) is 14.1. The fourth-order valence-corrected chi connectivity index (χ4v) is 7.21. The first-order valence-corrected chi connectivity index (χ1v) is 13.9. The number of ether oxygens (including phenoxy) is 4. The summed E-state index contributed by atoms with van der Waals surface area (Å²) < 4.78 is 24.5. The molecule has 8 heteroatoms. The number of fused-ring (bicyclic) bond motifs is 3. The van der Waals surface area contributed by atoms with Gasteiger partial charge in [-0.05, 0) is 0 Å². The van der Waals surface area contributed by atoms with E-state index in [-0.39, 0.29) is 10.8 Å². The predicted octanol–water partition coefficient (Wildman–Crippen LogP) is 7.22. The second-order valence-corrected chi connectivity index (χ2v) is 13.2. The van der Waals surface area contributed by atoms with E-state index in [9.17, 15) is 0 Å². The molecule has 0 N–H and O–H groups in total. The smallest absolute Gasteiger partial charge is 0.180 e. The molecule has 0 saturated heterocycles. The van der Waals surface area contributed by atoms with Crippen molar-refractivity contribution in [3.63, 3.8) is 0 Å². The Morgan fingerprint density at radius 1 is 0.583 bits per heavy atom. The lowest BCUT2D eigenvalue weighted by atomic mass is 9.93. The maximum Gasteiger partial charge on any atom is 0.180 e. The number of thiophene rings is 2. The fraction of sp³-hybridized carbons (Fsp3) is 0.429. The lowest BCUT2D eigenvalue weighted by Gasteiger charge is -2.22. The monoisotopic (exact) mass is 522 g/mol. The van der Waals surface area contributed by atoms with Crippen molar-refractivity contribution in [2.45, 2.75) is 52.4 Å². The van der Waals surface area contributed by atoms with Crippen LogP contribution in [-0.4, -0.2) is 36.4 Å². The highest BCUT2D eigenvalue weighted by Gasteiger charge is 2.34. The van der Waals surface area contributed by atoms with E-state index < -0.39 is 0 Å². The van der Waals surface area contributed by atoms with E-state index in [4.69, 9.17) is 28.9 Å². The number of hydrogen-bond acceptors (Lipinski definition) is 8. The van der Waals surface area contributed by atoms with Gasteiger partial charge in [-0.2, -0.15) is 0 Å². The van der Waals surface area contributed by atoms with Crippen molar-refractivity contribution < 1.29 is 18.9 Å². The standard InChI is InChI=1S/C28H30N2O4S2/c1-27(2,3)25-21-19(31-11-13-33-21)23(35-25)15-7-8-16(18-17(15)29-9-10-30-18)24-20-22(34-14-12-32-20)26(36-24)28(4,5)6/h7-10H,11-14H2,1-6H3. The summed E-state index contributed by atoms with van der Waals surface area (Å²) in [5, 5.41) is 0. The maximum absolute atomic E-state index is 6.17. The Morgan fingerprint density at radius 3 is 1.31 bits per heavy atom. The number of nitrogens with zero attached hydrogens (tertiary/aromatic N) is 2. The Labute approximate surface area is 219 Å². The zero-order valence-electron chi connectivity index (χ0n) is 21.5. The minimum Gasteiger partial charge on any atom is -0.485 e. The van der Waals surface area contributed by atoms with Crippen molar-refractivity contribution >= 4 is 33.7 Å².